The first-order valence-corrected chi connectivity index (χ1v) is 8.81. The van der Waals surface area contributed by atoms with Gasteiger partial charge in [0.25, 0.3) is 11.8 Å². The van der Waals surface area contributed by atoms with Crippen molar-refractivity contribution < 1.29 is 23.9 Å². The van der Waals surface area contributed by atoms with Crippen molar-refractivity contribution in [2.75, 3.05) is 18.5 Å². The van der Waals surface area contributed by atoms with Crippen molar-refractivity contribution in [2.24, 2.45) is 5.73 Å². The van der Waals surface area contributed by atoms with Crippen molar-refractivity contribution in [3.63, 3.8) is 0 Å². The van der Waals surface area contributed by atoms with E-state index in [1.54, 1.807) is 11.4 Å². The Balaban J connectivity index is 1.81. The number of hydrogen-bond donors (Lipinski definition) is 2. The quantitative estimate of drug-likeness (QED) is 0.688. The summed E-state index contributed by atoms with van der Waals surface area (Å²) in [6.45, 7) is 3.26. The van der Waals surface area contributed by atoms with Crippen LogP contribution in [-0.2, 0) is 14.3 Å². The Kier molecular flexibility index (Phi) is 6.74. The Morgan fingerprint density at radius 2 is 1.88 bits per heavy atom. The summed E-state index contributed by atoms with van der Waals surface area (Å²) < 4.78 is 10.4. The van der Waals surface area contributed by atoms with Gasteiger partial charge in [-0.2, -0.15) is 0 Å². The molecule has 0 unspecified atom stereocenters. The van der Waals surface area contributed by atoms with Gasteiger partial charge in [-0.3, -0.25) is 9.59 Å². The second kappa shape index (κ2) is 9.00. The summed E-state index contributed by atoms with van der Waals surface area (Å²) in [4.78, 5) is 34.8. The Bertz CT molecular complexity index is 800. The highest BCUT2D eigenvalue weighted by Crippen LogP contribution is 2.25. The van der Waals surface area contributed by atoms with Gasteiger partial charge in [0.2, 0.25) is 0 Å². The van der Waals surface area contributed by atoms with E-state index in [0.29, 0.717) is 10.8 Å². The van der Waals surface area contributed by atoms with Gasteiger partial charge in [0.05, 0.1) is 5.56 Å². The maximum absolute atomic E-state index is 11.8. The molecule has 0 aliphatic carbocycles. The largest absolute Gasteiger partial charge is 0.482 e. The van der Waals surface area contributed by atoms with Crippen molar-refractivity contribution in [3.05, 3.63) is 46.8 Å². The van der Waals surface area contributed by atoms with Crippen LogP contribution in [0, 0.1) is 0 Å². The molecule has 0 radical (unpaired) electrons. The lowest BCUT2D eigenvalue weighted by Gasteiger charge is -2.13. The third kappa shape index (κ3) is 5.32. The summed E-state index contributed by atoms with van der Waals surface area (Å²) in [5.74, 6) is -1.02. The standard InChI is InChI=1S/C18H20N2O5S/c1-11(2)12-5-3-4-6-14(12)24-10-16(22)25-9-15(21)20-18-13(17(19)23)7-8-26-18/h3-8,11H,9-10H2,1-2H3,(H2,19,23)(H,20,21). The molecule has 0 aliphatic heterocycles. The fourth-order valence-corrected chi connectivity index (χ4v) is 2.98. The molecule has 1 aromatic carbocycles. The zero-order valence-corrected chi connectivity index (χ0v) is 15.3. The molecular formula is C18H20N2O5S. The Morgan fingerprint density at radius 3 is 2.58 bits per heavy atom. The molecule has 2 amide bonds. The summed E-state index contributed by atoms with van der Waals surface area (Å²) in [5.41, 5.74) is 6.39. The SMILES string of the molecule is CC(C)c1ccccc1OCC(=O)OCC(=O)Nc1sccc1C(N)=O. The van der Waals surface area contributed by atoms with E-state index in [9.17, 15) is 14.4 Å². The number of ether oxygens (including phenoxy) is 2. The van der Waals surface area contributed by atoms with Crippen LogP contribution in [0.25, 0.3) is 0 Å². The minimum atomic E-state index is -0.667. The molecule has 1 aromatic heterocycles. The van der Waals surface area contributed by atoms with E-state index in [2.05, 4.69) is 5.32 Å². The number of esters is 1. The number of hydrogen-bond acceptors (Lipinski definition) is 6. The number of amides is 2. The number of benzene rings is 1. The predicted molar refractivity (Wildman–Crippen MR) is 98.5 cm³/mol. The fourth-order valence-electron chi connectivity index (χ4n) is 2.18. The molecule has 0 saturated carbocycles. The van der Waals surface area contributed by atoms with Crippen LogP contribution in [-0.4, -0.2) is 31.0 Å². The molecule has 0 atom stereocenters. The van der Waals surface area contributed by atoms with Gasteiger partial charge in [0.15, 0.2) is 13.2 Å². The van der Waals surface area contributed by atoms with Crippen LogP contribution in [0.1, 0.15) is 35.7 Å². The van der Waals surface area contributed by atoms with Gasteiger partial charge >= 0.3 is 5.97 Å². The number of carbonyl (C=O) groups is 3. The van der Waals surface area contributed by atoms with Crippen LogP contribution in [0.3, 0.4) is 0 Å². The summed E-state index contributed by atoms with van der Waals surface area (Å²) in [7, 11) is 0. The minimum Gasteiger partial charge on any atom is -0.482 e. The van der Waals surface area contributed by atoms with E-state index in [1.165, 1.54) is 6.07 Å². The Morgan fingerprint density at radius 1 is 1.15 bits per heavy atom. The van der Waals surface area contributed by atoms with Crippen LogP contribution in [0.2, 0.25) is 0 Å². The predicted octanol–water partition coefficient (Wildman–Crippen LogP) is 2.53. The van der Waals surface area contributed by atoms with Crippen molar-refractivity contribution in [2.45, 2.75) is 19.8 Å². The number of carbonyl (C=O) groups excluding carboxylic acids is 3. The van der Waals surface area contributed by atoms with E-state index in [4.69, 9.17) is 15.2 Å². The molecule has 26 heavy (non-hydrogen) atoms. The highest BCUT2D eigenvalue weighted by atomic mass is 32.1. The average Bonchev–Trinajstić information content (AvgIpc) is 3.06. The number of anilines is 1. The second-order valence-corrected chi connectivity index (χ2v) is 6.63. The van der Waals surface area contributed by atoms with E-state index in [-0.39, 0.29) is 18.1 Å². The van der Waals surface area contributed by atoms with Crippen LogP contribution in [0.4, 0.5) is 5.00 Å². The lowest BCUT2D eigenvalue weighted by molar-refractivity contribution is -0.149. The molecule has 2 aromatic rings. The Hall–Kier alpha value is -2.87. The number of nitrogens with one attached hydrogen (secondary N) is 1. The monoisotopic (exact) mass is 376 g/mol. The zero-order chi connectivity index (χ0) is 19.1. The topological polar surface area (TPSA) is 108 Å². The van der Waals surface area contributed by atoms with Gasteiger partial charge < -0.3 is 20.5 Å². The van der Waals surface area contributed by atoms with Crippen molar-refractivity contribution in [1.29, 1.82) is 0 Å². The first-order valence-electron chi connectivity index (χ1n) is 7.93. The zero-order valence-electron chi connectivity index (χ0n) is 14.5. The second-order valence-electron chi connectivity index (χ2n) is 5.72. The molecular weight excluding hydrogens is 356 g/mol. The van der Waals surface area contributed by atoms with Gasteiger partial charge in [-0.15, -0.1) is 11.3 Å². The Labute approximate surface area is 155 Å². The number of thiophene rings is 1. The molecule has 2 rings (SSSR count). The maximum Gasteiger partial charge on any atom is 0.344 e. The smallest absolute Gasteiger partial charge is 0.344 e. The van der Waals surface area contributed by atoms with E-state index in [1.807, 2.05) is 32.0 Å². The molecule has 0 bridgehead atoms. The molecule has 0 aliphatic rings. The van der Waals surface area contributed by atoms with Gasteiger partial charge in [-0.05, 0) is 29.0 Å². The molecule has 7 nitrogen and oxygen atoms in total. The van der Waals surface area contributed by atoms with E-state index >= 15 is 0 Å². The van der Waals surface area contributed by atoms with E-state index in [0.717, 1.165) is 16.9 Å². The molecule has 8 heteroatoms. The normalized spacial score (nSPS) is 10.4. The highest BCUT2D eigenvalue weighted by Gasteiger charge is 2.15. The van der Waals surface area contributed by atoms with E-state index < -0.39 is 24.4 Å². The molecule has 0 spiro atoms. The van der Waals surface area contributed by atoms with Crippen LogP contribution in [0.5, 0.6) is 5.75 Å². The summed E-state index contributed by atoms with van der Waals surface area (Å²) in [6, 6.07) is 8.93. The number of rotatable bonds is 8. The third-order valence-electron chi connectivity index (χ3n) is 3.43. The van der Waals surface area contributed by atoms with Crippen molar-refractivity contribution in [3.8, 4) is 5.75 Å². The van der Waals surface area contributed by atoms with Crippen LogP contribution in [0.15, 0.2) is 35.7 Å². The van der Waals surface area contributed by atoms with Crippen molar-refractivity contribution >= 4 is 34.1 Å². The molecule has 3 N–H and O–H groups in total. The summed E-state index contributed by atoms with van der Waals surface area (Å²) in [6.07, 6.45) is 0. The van der Waals surface area contributed by atoms with Gasteiger partial charge in [0, 0.05) is 0 Å². The number of nitrogens with two attached hydrogens (primary N) is 1. The minimum absolute atomic E-state index is 0.211. The lowest BCUT2D eigenvalue weighted by Crippen LogP contribution is -2.24. The molecule has 1 heterocycles. The first-order chi connectivity index (χ1) is 12.4. The van der Waals surface area contributed by atoms with Crippen LogP contribution < -0.4 is 15.8 Å². The van der Waals surface area contributed by atoms with Crippen molar-refractivity contribution in [1.82, 2.24) is 0 Å². The lowest BCUT2D eigenvalue weighted by atomic mass is 10.0. The first kappa shape index (κ1) is 19.5. The third-order valence-corrected chi connectivity index (χ3v) is 4.26. The summed E-state index contributed by atoms with van der Waals surface area (Å²) >= 11 is 1.15. The van der Waals surface area contributed by atoms with Crippen LogP contribution >= 0.6 is 11.3 Å². The molecule has 0 fully saturated rings. The van der Waals surface area contributed by atoms with Gasteiger partial charge in [-0.1, -0.05) is 32.0 Å². The number of primary amides is 1. The maximum atomic E-state index is 11.8. The average molecular weight is 376 g/mol. The van der Waals surface area contributed by atoms with Gasteiger partial charge in [-0.25, -0.2) is 4.79 Å². The summed E-state index contributed by atoms with van der Waals surface area (Å²) in [5, 5.41) is 4.43. The number of para-hydroxylation sites is 1. The van der Waals surface area contributed by atoms with Gasteiger partial charge in [0.1, 0.15) is 10.8 Å². The fraction of sp³-hybridized carbons (Fsp3) is 0.278. The molecule has 138 valence electrons. The molecule has 0 saturated heterocycles. The highest BCUT2D eigenvalue weighted by molar-refractivity contribution is 7.14.